The predicted molar refractivity (Wildman–Crippen MR) is 176 cm³/mol. The molecule has 1 aromatic heterocycles. The first-order valence-corrected chi connectivity index (χ1v) is 17.2. The standard InChI is InChI=1S/C34H46F3N5O4S/c1-6-28(43)39-29(32(45)42-15-13-41(5)14-16-42)22(4)24-11-12-27(26(35)18-24)38-31(44)30(23-9-7-20(2)8-10-23)40-33(46)34(36,37)25-17-21(3)47-19-25/h11-12,17-20,22-23,29-30H,6-10,13-16H2,1-5H3,(H,38,44)(H,39,43)(H,40,46)/t20-,22-,23-,29+,30-/m0/s1. The minimum absolute atomic E-state index is 0.176. The van der Waals surface area contributed by atoms with Gasteiger partial charge in [-0.15, -0.1) is 11.3 Å². The molecule has 3 N–H and O–H groups in total. The van der Waals surface area contributed by atoms with Crippen molar-refractivity contribution in [2.45, 2.75) is 83.7 Å². The molecule has 9 nitrogen and oxygen atoms in total. The van der Waals surface area contributed by atoms with Crippen molar-refractivity contribution in [1.82, 2.24) is 20.4 Å². The zero-order valence-electron chi connectivity index (χ0n) is 27.7. The largest absolute Gasteiger partial charge is 0.350 e. The third kappa shape index (κ3) is 8.92. The van der Waals surface area contributed by atoms with Crippen LogP contribution in [-0.2, 0) is 25.1 Å². The van der Waals surface area contributed by atoms with E-state index in [0.29, 0.717) is 55.4 Å². The second kappa shape index (κ2) is 15.6. The van der Waals surface area contributed by atoms with Crippen molar-refractivity contribution in [3.8, 4) is 0 Å². The molecule has 0 bridgehead atoms. The maximum absolute atomic E-state index is 15.6. The number of benzene rings is 1. The Morgan fingerprint density at radius 3 is 2.26 bits per heavy atom. The summed E-state index contributed by atoms with van der Waals surface area (Å²) in [5.74, 6) is -8.16. The summed E-state index contributed by atoms with van der Waals surface area (Å²) in [5.41, 5.74) is -0.195. The Balaban J connectivity index is 1.53. The summed E-state index contributed by atoms with van der Waals surface area (Å²) in [6.45, 7) is 9.57. The highest BCUT2D eigenvalue weighted by Gasteiger charge is 2.45. The summed E-state index contributed by atoms with van der Waals surface area (Å²) in [6, 6.07) is 3.14. The Kier molecular flexibility index (Phi) is 12.1. The molecule has 4 rings (SSSR count). The van der Waals surface area contributed by atoms with E-state index in [0.717, 1.165) is 24.2 Å². The van der Waals surface area contributed by atoms with Gasteiger partial charge < -0.3 is 25.8 Å². The Labute approximate surface area is 278 Å². The maximum atomic E-state index is 15.6. The number of aryl methyl sites for hydroxylation is 1. The zero-order chi connectivity index (χ0) is 34.5. The van der Waals surface area contributed by atoms with E-state index in [1.165, 1.54) is 23.6 Å². The van der Waals surface area contributed by atoms with Gasteiger partial charge >= 0.3 is 5.92 Å². The van der Waals surface area contributed by atoms with E-state index in [2.05, 4.69) is 27.8 Å². The van der Waals surface area contributed by atoms with Crippen molar-refractivity contribution in [2.75, 3.05) is 38.5 Å². The zero-order valence-corrected chi connectivity index (χ0v) is 28.5. The lowest BCUT2D eigenvalue weighted by atomic mass is 9.79. The van der Waals surface area contributed by atoms with E-state index < -0.39 is 53.0 Å². The first kappa shape index (κ1) is 36.4. The van der Waals surface area contributed by atoms with E-state index in [1.807, 2.05) is 7.05 Å². The monoisotopic (exact) mass is 677 g/mol. The Bertz CT molecular complexity index is 1440. The van der Waals surface area contributed by atoms with Gasteiger partial charge in [0.2, 0.25) is 17.7 Å². The summed E-state index contributed by atoms with van der Waals surface area (Å²) >= 11 is 1.10. The molecular weight excluding hydrogens is 631 g/mol. The number of halogens is 3. The lowest BCUT2D eigenvalue weighted by molar-refractivity contribution is -0.149. The Morgan fingerprint density at radius 1 is 1.02 bits per heavy atom. The van der Waals surface area contributed by atoms with Crippen molar-refractivity contribution in [3.05, 3.63) is 51.5 Å². The number of hydrogen-bond donors (Lipinski definition) is 3. The molecular formula is C34H46F3N5O4S. The summed E-state index contributed by atoms with van der Waals surface area (Å²) in [7, 11) is 1.97. The number of alkyl halides is 2. The Morgan fingerprint density at radius 2 is 1.68 bits per heavy atom. The number of thiophene rings is 1. The number of hydrogen-bond acceptors (Lipinski definition) is 6. The fourth-order valence-electron chi connectivity index (χ4n) is 6.21. The van der Waals surface area contributed by atoms with Gasteiger partial charge in [-0.25, -0.2) is 4.39 Å². The molecule has 0 unspecified atom stereocenters. The number of piperazine rings is 1. The molecule has 47 heavy (non-hydrogen) atoms. The molecule has 1 aliphatic carbocycles. The second-order valence-electron chi connectivity index (χ2n) is 13.0. The van der Waals surface area contributed by atoms with Crippen molar-refractivity contribution >= 4 is 40.7 Å². The van der Waals surface area contributed by atoms with Crippen LogP contribution < -0.4 is 16.0 Å². The highest BCUT2D eigenvalue weighted by Crippen LogP contribution is 2.35. The van der Waals surface area contributed by atoms with E-state index in [-0.39, 0.29) is 23.9 Å². The van der Waals surface area contributed by atoms with Gasteiger partial charge in [-0.1, -0.05) is 39.7 Å². The fraction of sp³-hybridized carbons (Fsp3) is 0.588. The smallest absolute Gasteiger partial charge is 0.344 e. The number of amides is 4. The SMILES string of the molecule is CCC(=O)N[C@@H](C(=O)N1CCN(C)CC1)[C@@H](C)c1ccc(NC(=O)[C@@H](NC(=O)C(F)(F)c2csc(C)c2)[C@H]2CC[C@H](C)CC2)c(F)c1. The summed E-state index contributed by atoms with van der Waals surface area (Å²) in [5, 5.41) is 8.84. The van der Waals surface area contributed by atoms with Crippen molar-refractivity contribution in [3.63, 3.8) is 0 Å². The molecule has 4 amide bonds. The quantitative estimate of drug-likeness (QED) is 0.310. The van der Waals surface area contributed by atoms with Gasteiger partial charge in [0.05, 0.1) is 5.69 Å². The van der Waals surface area contributed by atoms with Gasteiger partial charge in [-0.2, -0.15) is 8.78 Å². The average Bonchev–Trinajstić information content (AvgIpc) is 3.50. The van der Waals surface area contributed by atoms with Gasteiger partial charge in [0.25, 0.3) is 5.91 Å². The second-order valence-corrected chi connectivity index (χ2v) is 14.2. The van der Waals surface area contributed by atoms with E-state index in [9.17, 15) is 19.2 Å². The fourth-order valence-corrected chi connectivity index (χ4v) is 6.93. The van der Waals surface area contributed by atoms with Crippen molar-refractivity contribution in [1.29, 1.82) is 0 Å². The lowest BCUT2D eigenvalue weighted by Gasteiger charge is -2.36. The molecule has 1 saturated carbocycles. The molecule has 2 aliphatic rings. The molecule has 2 aromatic rings. The number of carbonyl (C=O) groups is 4. The average molecular weight is 678 g/mol. The van der Waals surface area contributed by atoms with Crippen LogP contribution in [0.15, 0.2) is 29.6 Å². The summed E-state index contributed by atoms with van der Waals surface area (Å²) in [4.78, 5) is 56.8. The highest BCUT2D eigenvalue weighted by molar-refractivity contribution is 7.10. The molecule has 13 heteroatoms. The van der Waals surface area contributed by atoms with Crippen LogP contribution >= 0.6 is 11.3 Å². The molecule has 2 heterocycles. The molecule has 1 saturated heterocycles. The highest BCUT2D eigenvalue weighted by atomic mass is 32.1. The summed E-state index contributed by atoms with van der Waals surface area (Å²) in [6.07, 6.45) is 2.82. The predicted octanol–water partition coefficient (Wildman–Crippen LogP) is 5.01. The lowest BCUT2D eigenvalue weighted by Crippen LogP contribution is -2.55. The Hall–Kier alpha value is -3.45. The summed E-state index contributed by atoms with van der Waals surface area (Å²) < 4.78 is 45.9. The van der Waals surface area contributed by atoms with Crippen molar-refractivity contribution in [2.24, 2.45) is 11.8 Å². The van der Waals surface area contributed by atoms with Crippen LogP contribution in [0.3, 0.4) is 0 Å². The topological polar surface area (TPSA) is 111 Å². The molecule has 0 radical (unpaired) electrons. The van der Waals surface area contributed by atoms with Gasteiger partial charge in [0, 0.05) is 54.3 Å². The minimum atomic E-state index is -3.85. The normalized spacial score (nSPS) is 21.0. The van der Waals surface area contributed by atoms with E-state index in [1.54, 1.807) is 31.7 Å². The number of carbonyl (C=O) groups excluding carboxylic acids is 4. The third-order valence-electron chi connectivity index (χ3n) is 9.47. The van der Waals surface area contributed by atoms with Crippen LogP contribution in [0.1, 0.15) is 74.8 Å². The molecule has 3 atom stereocenters. The van der Waals surface area contributed by atoms with Crippen LogP contribution in [0, 0.1) is 24.6 Å². The van der Waals surface area contributed by atoms with Crippen molar-refractivity contribution < 1.29 is 32.3 Å². The maximum Gasteiger partial charge on any atom is 0.350 e. The van der Waals surface area contributed by atoms with Crippen LogP contribution in [0.4, 0.5) is 18.9 Å². The number of nitrogens with one attached hydrogen (secondary N) is 3. The van der Waals surface area contributed by atoms with Gasteiger partial charge in [0.1, 0.15) is 17.9 Å². The molecule has 2 fully saturated rings. The molecule has 0 spiro atoms. The van der Waals surface area contributed by atoms with E-state index >= 15 is 13.2 Å². The number of likely N-dealkylation sites (N-methyl/N-ethyl adjacent to an activating group) is 1. The van der Waals surface area contributed by atoms with E-state index in [4.69, 9.17) is 0 Å². The first-order valence-electron chi connectivity index (χ1n) is 16.3. The number of anilines is 1. The minimum Gasteiger partial charge on any atom is -0.344 e. The number of nitrogens with zero attached hydrogens (tertiary/aromatic N) is 2. The van der Waals surface area contributed by atoms with Crippen LogP contribution in [0.2, 0.25) is 0 Å². The molecule has 258 valence electrons. The van der Waals surface area contributed by atoms with Crippen LogP contribution in [0.5, 0.6) is 0 Å². The first-order chi connectivity index (χ1) is 22.2. The van der Waals surface area contributed by atoms with Gasteiger partial charge in [-0.3, -0.25) is 19.2 Å². The van der Waals surface area contributed by atoms with Crippen LogP contribution in [-0.4, -0.2) is 78.7 Å². The molecule has 1 aromatic carbocycles. The number of rotatable bonds is 11. The van der Waals surface area contributed by atoms with Gasteiger partial charge in [0.15, 0.2) is 0 Å². The van der Waals surface area contributed by atoms with Gasteiger partial charge in [-0.05, 0) is 62.4 Å². The molecule has 1 aliphatic heterocycles. The van der Waals surface area contributed by atoms with Crippen LogP contribution in [0.25, 0.3) is 0 Å². The third-order valence-corrected chi connectivity index (χ3v) is 10.3.